The monoisotopic (exact) mass is 324 g/mol. The van der Waals surface area contributed by atoms with E-state index in [4.69, 9.17) is 0 Å². The van der Waals surface area contributed by atoms with Crippen molar-refractivity contribution in [1.82, 2.24) is 9.21 Å². The summed E-state index contributed by atoms with van der Waals surface area (Å²) in [5.74, 6) is -0.188. The summed E-state index contributed by atoms with van der Waals surface area (Å²) in [6.45, 7) is 2.90. The zero-order valence-corrected chi connectivity index (χ0v) is 14.3. The van der Waals surface area contributed by atoms with Crippen molar-refractivity contribution < 1.29 is 13.2 Å². The van der Waals surface area contributed by atoms with Crippen molar-refractivity contribution in [3.8, 4) is 0 Å². The molecule has 6 heteroatoms. The Morgan fingerprint density at radius 1 is 1.09 bits per heavy atom. The molecule has 5 nitrogen and oxygen atoms in total. The summed E-state index contributed by atoms with van der Waals surface area (Å²) in [5.41, 5.74) is 1.09. The number of rotatable bonds is 3. The molecule has 0 spiro atoms. The van der Waals surface area contributed by atoms with Gasteiger partial charge in [0.2, 0.25) is 10.0 Å². The van der Waals surface area contributed by atoms with Crippen LogP contribution in [0.15, 0.2) is 23.1 Å². The average molecular weight is 324 g/mol. The van der Waals surface area contributed by atoms with Crippen LogP contribution in [-0.2, 0) is 10.0 Å². The lowest BCUT2D eigenvalue weighted by molar-refractivity contribution is 0.0827. The van der Waals surface area contributed by atoms with Gasteiger partial charge in [0.1, 0.15) is 0 Å². The Bertz CT molecular complexity index is 645. The molecule has 0 saturated carbocycles. The van der Waals surface area contributed by atoms with Gasteiger partial charge < -0.3 is 4.90 Å². The first-order valence-corrected chi connectivity index (χ1v) is 9.10. The van der Waals surface area contributed by atoms with Crippen molar-refractivity contribution in [3.05, 3.63) is 29.3 Å². The fraction of sp³-hybridized carbons (Fsp3) is 0.562. The lowest BCUT2D eigenvalue weighted by Crippen LogP contribution is -2.32. The van der Waals surface area contributed by atoms with E-state index in [0.29, 0.717) is 24.2 Å². The fourth-order valence-corrected chi connectivity index (χ4v) is 4.46. The van der Waals surface area contributed by atoms with Crippen molar-refractivity contribution >= 4 is 15.9 Å². The van der Waals surface area contributed by atoms with Gasteiger partial charge in [0, 0.05) is 32.7 Å². The number of amides is 1. The summed E-state index contributed by atoms with van der Waals surface area (Å²) in [6.07, 6.45) is 3.94. The van der Waals surface area contributed by atoms with E-state index in [2.05, 4.69) is 0 Å². The van der Waals surface area contributed by atoms with Crippen LogP contribution in [0.1, 0.15) is 41.6 Å². The highest BCUT2D eigenvalue weighted by molar-refractivity contribution is 7.89. The molecule has 0 bridgehead atoms. The fourth-order valence-electron chi connectivity index (χ4n) is 2.69. The third-order valence-corrected chi connectivity index (χ3v) is 6.06. The van der Waals surface area contributed by atoms with Crippen molar-refractivity contribution in [1.29, 1.82) is 0 Å². The number of nitrogens with zero attached hydrogens (tertiary/aromatic N) is 2. The summed E-state index contributed by atoms with van der Waals surface area (Å²) in [7, 11) is -0.219. The van der Waals surface area contributed by atoms with Gasteiger partial charge in [-0.25, -0.2) is 8.42 Å². The summed E-state index contributed by atoms with van der Waals surface area (Å²) < 4.78 is 27.4. The van der Waals surface area contributed by atoms with Gasteiger partial charge in [-0.1, -0.05) is 18.9 Å². The van der Waals surface area contributed by atoms with E-state index < -0.39 is 10.0 Å². The first-order chi connectivity index (χ1) is 10.3. The molecule has 1 aliphatic heterocycles. The van der Waals surface area contributed by atoms with Crippen LogP contribution in [0.3, 0.4) is 0 Å². The number of carbonyl (C=O) groups excluding carboxylic acids is 1. The Labute approximate surface area is 133 Å². The molecule has 0 aliphatic carbocycles. The molecule has 1 saturated heterocycles. The molecule has 22 heavy (non-hydrogen) atoms. The average Bonchev–Trinajstić information content (AvgIpc) is 2.76. The topological polar surface area (TPSA) is 57.7 Å². The van der Waals surface area contributed by atoms with E-state index in [0.717, 1.165) is 25.7 Å². The van der Waals surface area contributed by atoms with Crippen LogP contribution in [-0.4, -0.2) is 50.7 Å². The maximum atomic E-state index is 12.9. The Kier molecular flexibility index (Phi) is 5.24. The van der Waals surface area contributed by atoms with Crippen LogP contribution in [0.25, 0.3) is 0 Å². The molecule has 1 aromatic carbocycles. The van der Waals surface area contributed by atoms with Crippen LogP contribution >= 0.6 is 0 Å². The zero-order chi connectivity index (χ0) is 16.3. The van der Waals surface area contributed by atoms with Gasteiger partial charge >= 0.3 is 0 Å². The number of carbonyl (C=O) groups is 1. The molecule has 0 radical (unpaired) electrons. The first-order valence-electron chi connectivity index (χ1n) is 7.66. The molecule has 1 heterocycles. The molecule has 122 valence electrons. The predicted octanol–water partition coefficient (Wildman–Crippen LogP) is 2.26. The number of sulfonamides is 1. The highest BCUT2D eigenvalue weighted by Gasteiger charge is 2.27. The lowest BCUT2D eigenvalue weighted by atomic mass is 10.1. The molecule has 0 aromatic heterocycles. The van der Waals surface area contributed by atoms with E-state index >= 15 is 0 Å². The van der Waals surface area contributed by atoms with Crippen molar-refractivity contribution in [2.45, 2.75) is 37.5 Å². The van der Waals surface area contributed by atoms with Crippen LogP contribution < -0.4 is 0 Å². The minimum atomic E-state index is -3.54. The molecular formula is C16H24N2O3S. The zero-order valence-electron chi connectivity index (χ0n) is 13.5. The molecule has 0 N–H and O–H groups in total. The molecular weight excluding hydrogens is 300 g/mol. The number of hydrogen-bond acceptors (Lipinski definition) is 3. The minimum absolute atomic E-state index is 0.188. The van der Waals surface area contributed by atoms with Crippen LogP contribution in [0, 0.1) is 6.92 Å². The van der Waals surface area contributed by atoms with Crippen LogP contribution in [0.5, 0.6) is 0 Å². The third-order valence-electron chi connectivity index (χ3n) is 4.02. The highest BCUT2D eigenvalue weighted by atomic mass is 32.2. The Morgan fingerprint density at radius 2 is 1.68 bits per heavy atom. The van der Waals surface area contributed by atoms with Gasteiger partial charge in [-0.15, -0.1) is 0 Å². The van der Waals surface area contributed by atoms with Crippen LogP contribution in [0.2, 0.25) is 0 Å². The van der Waals surface area contributed by atoms with Gasteiger partial charge in [0.15, 0.2) is 0 Å². The van der Waals surface area contributed by atoms with Gasteiger partial charge in [0.05, 0.1) is 4.90 Å². The van der Waals surface area contributed by atoms with E-state index in [-0.39, 0.29) is 10.8 Å². The first kappa shape index (κ1) is 17.0. The second-order valence-corrected chi connectivity index (χ2v) is 7.90. The van der Waals surface area contributed by atoms with Crippen LogP contribution in [0.4, 0.5) is 0 Å². The minimum Gasteiger partial charge on any atom is -0.345 e. The van der Waals surface area contributed by atoms with Crippen molar-refractivity contribution in [3.63, 3.8) is 0 Å². The molecule has 0 unspecified atom stereocenters. The van der Waals surface area contributed by atoms with Crippen molar-refractivity contribution in [2.75, 3.05) is 27.2 Å². The Balaban J connectivity index is 2.41. The summed E-state index contributed by atoms with van der Waals surface area (Å²) in [5, 5.41) is 0. The molecule has 1 fully saturated rings. The number of hydrogen-bond donors (Lipinski definition) is 0. The number of aryl methyl sites for hydroxylation is 1. The summed E-state index contributed by atoms with van der Waals surface area (Å²) in [6, 6.07) is 4.90. The molecule has 0 atom stereocenters. The second-order valence-electron chi connectivity index (χ2n) is 6.00. The summed E-state index contributed by atoms with van der Waals surface area (Å²) >= 11 is 0. The van der Waals surface area contributed by atoms with E-state index in [1.807, 2.05) is 0 Å². The lowest BCUT2D eigenvalue weighted by Gasteiger charge is -2.21. The maximum Gasteiger partial charge on any atom is 0.253 e. The van der Waals surface area contributed by atoms with E-state index in [1.165, 1.54) is 11.0 Å². The Hall–Kier alpha value is -1.40. The third kappa shape index (κ3) is 3.50. The SMILES string of the molecule is Cc1ccc(C(=O)N(C)C)cc1S(=O)(=O)N1CCCCCC1. The molecule has 1 amide bonds. The van der Waals surface area contributed by atoms with E-state index in [1.54, 1.807) is 37.5 Å². The predicted molar refractivity (Wildman–Crippen MR) is 86.4 cm³/mol. The van der Waals surface area contributed by atoms with Gasteiger partial charge in [-0.05, 0) is 37.5 Å². The standard InChI is InChI=1S/C16H24N2O3S/c1-13-8-9-14(16(19)17(2)3)12-15(13)22(20,21)18-10-6-4-5-7-11-18/h8-9,12H,4-7,10-11H2,1-3H3. The Morgan fingerprint density at radius 3 is 2.23 bits per heavy atom. The maximum absolute atomic E-state index is 12.9. The van der Waals surface area contributed by atoms with E-state index in [9.17, 15) is 13.2 Å². The highest BCUT2D eigenvalue weighted by Crippen LogP contribution is 2.24. The second kappa shape index (κ2) is 6.79. The molecule has 1 aliphatic rings. The molecule has 2 rings (SSSR count). The smallest absolute Gasteiger partial charge is 0.253 e. The normalized spacial score (nSPS) is 17.0. The summed E-state index contributed by atoms with van der Waals surface area (Å²) in [4.78, 5) is 13.8. The largest absolute Gasteiger partial charge is 0.345 e. The van der Waals surface area contributed by atoms with Gasteiger partial charge in [0.25, 0.3) is 5.91 Å². The van der Waals surface area contributed by atoms with Crippen molar-refractivity contribution in [2.24, 2.45) is 0 Å². The van der Waals surface area contributed by atoms with Gasteiger partial charge in [-0.3, -0.25) is 4.79 Å². The number of benzene rings is 1. The quantitative estimate of drug-likeness (QED) is 0.857. The van der Waals surface area contributed by atoms with Gasteiger partial charge in [-0.2, -0.15) is 4.31 Å². The molecule has 1 aromatic rings.